The number of hydrogen-bond donors (Lipinski definition) is 0. The lowest BCUT2D eigenvalue weighted by atomic mass is 9.50. The number of fused-ring (bicyclic) bond motifs is 5. The Morgan fingerprint density at radius 1 is 0.759 bits per heavy atom. The van der Waals surface area contributed by atoms with Crippen molar-refractivity contribution < 1.29 is 18.9 Å². The number of ether oxygens (including phenoxy) is 4. The second kappa shape index (κ2) is 6.18. The Bertz CT molecular complexity index is 757. The first-order chi connectivity index (χ1) is 13.9. The van der Waals surface area contributed by atoms with Crippen LogP contribution in [0.2, 0.25) is 0 Å². The molecule has 4 nitrogen and oxygen atoms in total. The molecule has 5 atom stereocenters. The highest BCUT2D eigenvalue weighted by Gasteiger charge is 2.62. The van der Waals surface area contributed by atoms with Crippen LogP contribution < -0.4 is 0 Å². The van der Waals surface area contributed by atoms with E-state index in [-0.39, 0.29) is 22.4 Å². The van der Waals surface area contributed by atoms with E-state index in [0.717, 1.165) is 39.3 Å². The molecule has 4 aliphatic carbocycles. The van der Waals surface area contributed by atoms with E-state index in [1.807, 2.05) is 0 Å². The Hall–Kier alpha value is -0.680. The first kappa shape index (κ1) is 19.0. The monoisotopic (exact) mass is 400 g/mol. The van der Waals surface area contributed by atoms with Crippen molar-refractivity contribution in [1.29, 1.82) is 0 Å². The summed E-state index contributed by atoms with van der Waals surface area (Å²) in [6.45, 7) is 10.2. The van der Waals surface area contributed by atoms with E-state index in [1.54, 1.807) is 11.1 Å². The van der Waals surface area contributed by atoms with E-state index in [0.29, 0.717) is 17.8 Å². The molecular formula is C25H36O4. The standard InChI is InChI=1S/C25H36O4/c1-22-10-11-25(28-14-15-29-25)16-17(22)4-5-18-19-6-7-21(24(3)26-12-13-27-24)23(19,2)9-8-20(18)22/h4-5,19-21H,6-16H2,1-3H3/t19?,20-,21-,22-,23-/m0/s1. The molecule has 29 heavy (non-hydrogen) atoms. The highest BCUT2D eigenvalue weighted by Crippen LogP contribution is 2.67. The zero-order valence-electron chi connectivity index (χ0n) is 18.3. The molecule has 0 radical (unpaired) electrons. The van der Waals surface area contributed by atoms with Gasteiger partial charge in [0.25, 0.3) is 0 Å². The van der Waals surface area contributed by atoms with Crippen LogP contribution in [0.3, 0.4) is 0 Å². The minimum absolute atomic E-state index is 0.272. The van der Waals surface area contributed by atoms with Gasteiger partial charge in [0, 0.05) is 18.8 Å². The summed E-state index contributed by atoms with van der Waals surface area (Å²) in [6, 6.07) is 0. The van der Waals surface area contributed by atoms with Gasteiger partial charge in [-0.05, 0) is 61.7 Å². The molecule has 3 saturated carbocycles. The molecule has 0 aromatic heterocycles. The average Bonchev–Trinajstić information content (AvgIpc) is 3.42. The SMILES string of the molecule is CC1([C@H]2CCC3C4=CC=C5CC6(CC[C@]5(C)[C@H]4CC[C@@]32C)OCCO6)OCCO1. The highest BCUT2D eigenvalue weighted by molar-refractivity contribution is 5.39. The molecule has 5 fully saturated rings. The summed E-state index contributed by atoms with van der Waals surface area (Å²) < 4.78 is 24.4. The average molecular weight is 401 g/mol. The first-order valence-electron chi connectivity index (χ1n) is 11.9. The molecule has 6 aliphatic rings. The van der Waals surface area contributed by atoms with Gasteiger partial charge in [-0.25, -0.2) is 0 Å². The maximum atomic E-state index is 6.15. The van der Waals surface area contributed by atoms with Crippen LogP contribution in [0.25, 0.3) is 0 Å². The van der Waals surface area contributed by atoms with Gasteiger partial charge in [0.05, 0.1) is 26.4 Å². The van der Waals surface area contributed by atoms with Crippen LogP contribution in [-0.4, -0.2) is 38.0 Å². The van der Waals surface area contributed by atoms with E-state index < -0.39 is 0 Å². The maximum Gasteiger partial charge on any atom is 0.172 e. The van der Waals surface area contributed by atoms with Crippen molar-refractivity contribution in [2.75, 3.05) is 26.4 Å². The van der Waals surface area contributed by atoms with Crippen molar-refractivity contribution in [3.8, 4) is 0 Å². The molecule has 160 valence electrons. The second-order valence-corrected chi connectivity index (χ2v) is 11.1. The van der Waals surface area contributed by atoms with Crippen molar-refractivity contribution >= 4 is 0 Å². The van der Waals surface area contributed by atoms with E-state index in [4.69, 9.17) is 18.9 Å². The summed E-state index contributed by atoms with van der Waals surface area (Å²) >= 11 is 0. The van der Waals surface area contributed by atoms with Gasteiger partial charge in [0.15, 0.2) is 11.6 Å². The topological polar surface area (TPSA) is 36.9 Å². The Morgan fingerprint density at radius 2 is 1.48 bits per heavy atom. The molecule has 0 amide bonds. The molecule has 0 bridgehead atoms. The summed E-state index contributed by atoms with van der Waals surface area (Å²) in [7, 11) is 0. The molecule has 0 aromatic carbocycles. The van der Waals surface area contributed by atoms with Crippen LogP contribution in [0.1, 0.15) is 65.7 Å². The Morgan fingerprint density at radius 3 is 2.24 bits per heavy atom. The largest absolute Gasteiger partial charge is 0.348 e. The van der Waals surface area contributed by atoms with Gasteiger partial charge in [-0.2, -0.15) is 0 Å². The zero-order chi connectivity index (χ0) is 19.9. The molecule has 1 spiro atoms. The summed E-state index contributed by atoms with van der Waals surface area (Å²) in [6.07, 6.45) is 13.2. The Labute approximate surface area is 175 Å². The smallest absolute Gasteiger partial charge is 0.172 e. The van der Waals surface area contributed by atoms with E-state index >= 15 is 0 Å². The van der Waals surface area contributed by atoms with Gasteiger partial charge in [-0.3, -0.25) is 0 Å². The zero-order valence-corrected chi connectivity index (χ0v) is 18.3. The minimum atomic E-state index is -0.384. The minimum Gasteiger partial charge on any atom is -0.348 e. The van der Waals surface area contributed by atoms with Crippen molar-refractivity contribution in [3.63, 3.8) is 0 Å². The molecule has 2 saturated heterocycles. The lowest BCUT2D eigenvalue weighted by molar-refractivity contribution is -0.208. The molecule has 1 unspecified atom stereocenters. The summed E-state index contributed by atoms with van der Waals surface area (Å²) in [5.74, 6) is 1.13. The fourth-order valence-corrected chi connectivity index (χ4v) is 8.29. The van der Waals surface area contributed by atoms with Crippen molar-refractivity contribution in [1.82, 2.24) is 0 Å². The lowest BCUT2D eigenvalue weighted by Crippen LogP contribution is -2.51. The molecule has 4 heteroatoms. The van der Waals surface area contributed by atoms with E-state index in [9.17, 15) is 0 Å². The van der Waals surface area contributed by atoms with Crippen LogP contribution in [0, 0.1) is 28.6 Å². The normalized spacial score (nSPS) is 47.3. The maximum absolute atomic E-state index is 6.15. The molecular weight excluding hydrogens is 364 g/mol. The van der Waals surface area contributed by atoms with Crippen LogP contribution in [0.15, 0.2) is 23.3 Å². The highest BCUT2D eigenvalue weighted by atomic mass is 16.7. The fourth-order valence-electron chi connectivity index (χ4n) is 8.29. The predicted octanol–water partition coefficient (Wildman–Crippen LogP) is 4.99. The molecule has 0 N–H and O–H groups in total. The van der Waals surface area contributed by atoms with E-state index in [1.165, 1.54) is 32.1 Å². The third kappa shape index (κ3) is 2.52. The van der Waals surface area contributed by atoms with Gasteiger partial charge >= 0.3 is 0 Å². The summed E-state index contributed by atoms with van der Waals surface area (Å²) in [4.78, 5) is 0. The second-order valence-electron chi connectivity index (χ2n) is 11.1. The fraction of sp³-hybridized carbons (Fsp3) is 0.840. The van der Waals surface area contributed by atoms with Gasteiger partial charge in [0.2, 0.25) is 0 Å². The third-order valence-corrected chi connectivity index (χ3v) is 9.88. The van der Waals surface area contributed by atoms with Crippen molar-refractivity contribution in [2.24, 2.45) is 28.6 Å². The van der Waals surface area contributed by atoms with Gasteiger partial charge in [-0.1, -0.05) is 37.1 Å². The Balaban J connectivity index is 1.33. The van der Waals surface area contributed by atoms with Gasteiger partial charge in [0.1, 0.15) is 0 Å². The quantitative estimate of drug-likeness (QED) is 0.621. The summed E-state index contributed by atoms with van der Waals surface area (Å²) in [5.41, 5.74) is 3.84. The van der Waals surface area contributed by atoms with E-state index in [2.05, 4.69) is 32.9 Å². The molecule has 0 aromatic rings. The van der Waals surface area contributed by atoms with Crippen LogP contribution >= 0.6 is 0 Å². The van der Waals surface area contributed by atoms with Gasteiger partial charge < -0.3 is 18.9 Å². The van der Waals surface area contributed by atoms with Crippen molar-refractivity contribution in [3.05, 3.63) is 23.3 Å². The van der Waals surface area contributed by atoms with Gasteiger partial charge in [-0.15, -0.1) is 0 Å². The van der Waals surface area contributed by atoms with Crippen LogP contribution in [0.5, 0.6) is 0 Å². The number of hydrogen-bond acceptors (Lipinski definition) is 4. The van der Waals surface area contributed by atoms with Crippen LogP contribution in [0.4, 0.5) is 0 Å². The molecule has 2 heterocycles. The first-order valence-corrected chi connectivity index (χ1v) is 11.9. The third-order valence-electron chi connectivity index (χ3n) is 9.88. The number of allylic oxidation sites excluding steroid dienone is 3. The van der Waals surface area contributed by atoms with Crippen LogP contribution in [-0.2, 0) is 18.9 Å². The predicted molar refractivity (Wildman–Crippen MR) is 110 cm³/mol. The molecule has 6 rings (SSSR count). The Kier molecular flexibility index (Phi) is 4.06. The number of rotatable bonds is 1. The molecule has 2 aliphatic heterocycles. The summed E-state index contributed by atoms with van der Waals surface area (Å²) in [5, 5.41) is 0. The lowest BCUT2D eigenvalue weighted by Gasteiger charge is -2.56. The van der Waals surface area contributed by atoms with Crippen molar-refractivity contribution in [2.45, 2.75) is 77.3 Å².